The third kappa shape index (κ3) is 2.49. The number of ether oxygens (including phenoxy) is 1. The molecule has 0 saturated heterocycles. The average Bonchev–Trinajstić information content (AvgIpc) is 2.73. The quantitative estimate of drug-likeness (QED) is 0.895. The van der Waals surface area contributed by atoms with Gasteiger partial charge >= 0.3 is 0 Å². The Labute approximate surface area is 112 Å². The molecule has 0 spiro atoms. The van der Waals surface area contributed by atoms with Crippen molar-refractivity contribution in [3.05, 3.63) is 59.3 Å². The van der Waals surface area contributed by atoms with Crippen LogP contribution in [-0.4, -0.2) is 14.1 Å². The second kappa shape index (κ2) is 4.70. The van der Waals surface area contributed by atoms with Gasteiger partial charge in [0.2, 0.25) is 0 Å². The fourth-order valence-electron chi connectivity index (χ4n) is 1.89. The smallest absolute Gasteiger partial charge is 0.121 e. The molecule has 98 valence electrons. The molecule has 0 saturated carbocycles. The molecule has 0 atom stereocenters. The fraction of sp³-hybridized carbons (Fsp3) is 0.0714. The summed E-state index contributed by atoms with van der Waals surface area (Å²) < 4.78 is 25.3. The molecule has 0 fully saturated rings. The predicted octanol–water partition coefficient (Wildman–Crippen LogP) is 3.75. The van der Waals surface area contributed by atoms with Crippen molar-refractivity contribution < 1.29 is 13.8 Å². The zero-order valence-electron chi connectivity index (χ0n) is 10.1. The van der Waals surface area contributed by atoms with Crippen molar-refractivity contribution in [2.75, 3.05) is 0 Å². The van der Waals surface area contributed by atoms with Crippen LogP contribution in [-0.2, 0) is 6.61 Å². The summed E-state index contributed by atoms with van der Waals surface area (Å²) >= 11 is 0. The highest BCUT2D eigenvalue weighted by molar-refractivity contribution is 8.27. The topological polar surface area (TPSA) is 62.6 Å². The van der Waals surface area contributed by atoms with Crippen molar-refractivity contribution in [2.24, 2.45) is 0 Å². The molecule has 5 heteroatoms. The Kier molecular flexibility index (Phi) is 3.02. The SMILES string of the molecule is OS1(O)C=Cc2ccc(OCc3cccnc3)cc21. The molecule has 0 bridgehead atoms. The van der Waals surface area contributed by atoms with Gasteiger partial charge in [0.05, 0.1) is 4.90 Å². The fourth-order valence-corrected chi connectivity index (χ4v) is 3.15. The summed E-state index contributed by atoms with van der Waals surface area (Å²) in [5.74, 6) is 0.617. The number of fused-ring (bicyclic) bond motifs is 1. The van der Waals surface area contributed by atoms with Crippen LogP contribution in [0.15, 0.2) is 53.0 Å². The number of hydrogen-bond donors (Lipinski definition) is 2. The summed E-state index contributed by atoms with van der Waals surface area (Å²) in [5, 5.41) is 1.43. The number of aromatic nitrogens is 1. The molecule has 19 heavy (non-hydrogen) atoms. The van der Waals surface area contributed by atoms with Crippen LogP contribution in [0.4, 0.5) is 0 Å². The Bertz CT molecular complexity index is 626. The molecular weight excluding hydrogens is 262 g/mol. The molecule has 2 aromatic rings. The monoisotopic (exact) mass is 275 g/mol. The molecule has 1 aromatic heterocycles. The van der Waals surface area contributed by atoms with Crippen molar-refractivity contribution in [1.29, 1.82) is 0 Å². The lowest BCUT2D eigenvalue weighted by molar-refractivity contribution is 0.305. The number of benzene rings is 1. The first-order valence-corrected chi connectivity index (χ1v) is 7.38. The first-order chi connectivity index (χ1) is 9.15. The molecule has 1 aromatic carbocycles. The van der Waals surface area contributed by atoms with E-state index in [0.29, 0.717) is 17.3 Å². The molecule has 0 aliphatic carbocycles. The van der Waals surface area contributed by atoms with Gasteiger partial charge in [0, 0.05) is 29.4 Å². The second-order valence-corrected chi connectivity index (χ2v) is 6.14. The van der Waals surface area contributed by atoms with Gasteiger partial charge in [-0.3, -0.25) is 14.1 Å². The van der Waals surface area contributed by atoms with Crippen LogP contribution in [0.3, 0.4) is 0 Å². The Hall–Kier alpha value is -1.82. The van der Waals surface area contributed by atoms with Gasteiger partial charge in [0.15, 0.2) is 0 Å². The van der Waals surface area contributed by atoms with E-state index in [1.165, 1.54) is 5.41 Å². The Balaban J connectivity index is 1.77. The molecule has 3 rings (SSSR count). The average molecular weight is 275 g/mol. The lowest BCUT2D eigenvalue weighted by Crippen LogP contribution is -1.97. The van der Waals surface area contributed by atoms with Crippen LogP contribution >= 0.6 is 10.6 Å². The van der Waals surface area contributed by atoms with Gasteiger partial charge in [-0.25, -0.2) is 0 Å². The highest BCUT2D eigenvalue weighted by Gasteiger charge is 2.21. The molecule has 1 aliphatic heterocycles. The molecule has 2 heterocycles. The summed E-state index contributed by atoms with van der Waals surface area (Å²) in [6.07, 6.45) is 5.16. The van der Waals surface area contributed by atoms with Crippen molar-refractivity contribution in [1.82, 2.24) is 4.98 Å². The van der Waals surface area contributed by atoms with Crippen LogP contribution < -0.4 is 4.74 Å². The normalized spacial score (nSPS) is 16.9. The Morgan fingerprint density at radius 3 is 2.89 bits per heavy atom. The van der Waals surface area contributed by atoms with Gasteiger partial charge in [-0.15, -0.1) is 10.6 Å². The van der Waals surface area contributed by atoms with E-state index >= 15 is 0 Å². The van der Waals surface area contributed by atoms with Crippen LogP contribution in [0, 0.1) is 0 Å². The third-order valence-electron chi connectivity index (χ3n) is 2.87. The van der Waals surface area contributed by atoms with Gasteiger partial charge < -0.3 is 4.74 Å². The maximum Gasteiger partial charge on any atom is 0.121 e. The van der Waals surface area contributed by atoms with Crippen LogP contribution in [0.25, 0.3) is 6.08 Å². The zero-order chi connectivity index (χ0) is 13.3. The van der Waals surface area contributed by atoms with Crippen LogP contribution in [0.1, 0.15) is 11.1 Å². The number of nitrogens with zero attached hydrogens (tertiary/aromatic N) is 1. The van der Waals surface area contributed by atoms with Gasteiger partial charge in [-0.05, 0) is 29.8 Å². The molecule has 0 amide bonds. The summed E-state index contributed by atoms with van der Waals surface area (Å²) in [4.78, 5) is 4.54. The third-order valence-corrected chi connectivity index (χ3v) is 4.39. The van der Waals surface area contributed by atoms with Crippen molar-refractivity contribution >= 4 is 16.7 Å². The van der Waals surface area contributed by atoms with Crippen molar-refractivity contribution in [2.45, 2.75) is 11.5 Å². The lowest BCUT2D eigenvalue weighted by atomic mass is 10.2. The number of rotatable bonds is 3. The molecule has 1 aliphatic rings. The predicted molar refractivity (Wildman–Crippen MR) is 75.2 cm³/mol. The standard InChI is InChI=1S/C14H13NO3S/c16-19(17)7-5-12-3-4-13(8-14(12)19)18-10-11-2-1-6-15-9-11/h1-9,16-17H,10H2. The minimum atomic E-state index is -2.78. The van der Waals surface area contributed by atoms with Crippen LogP contribution in [0.5, 0.6) is 5.75 Å². The van der Waals surface area contributed by atoms with E-state index < -0.39 is 10.6 Å². The van der Waals surface area contributed by atoms with E-state index in [1.54, 1.807) is 24.5 Å². The van der Waals surface area contributed by atoms with Crippen molar-refractivity contribution in [3.8, 4) is 5.75 Å². The van der Waals surface area contributed by atoms with Gasteiger partial charge in [-0.2, -0.15) is 0 Å². The molecular formula is C14H13NO3S. The minimum absolute atomic E-state index is 0.402. The highest BCUT2D eigenvalue weighted by Crippen LogP contribution is 2.56. The number of pyridine rings is 1. The number of hydrogen-bond acceptors (Lipinski definition) is 4. The van der Waals surface area contributed by atoms with E-state index in [9.17, 15) is 9.11 Å². The van der Waals surface area contributed by atoms with Gasteiger partial charge in [-0.1, -0.05) is 6.07 Å². The second-order valence-electron chi connectivity index (χ2n) is 4.25. The summed E-state index contributed by atoms with van der Waals surface area (Å²) in [6.45, 7) is 0.402. The van der Waals surface area contributed by atoms with E-state index in [4.69, 9.17) is 4.74 Å². The maximum absolute atomic E-state index is 9.84. The molecule has 0 radical (unpaired) electrons. The zero-order valence-corrected chi connectivity index (χ0v) is 10.9. The Morgan fingerprint density at radius 2 is 2.11 bits per heavy atom. The first-order valence-electron chi connectivity index (χ1n) is 5.77. The molecule has 0 unspecified atom stereocenters. The van der Waals surface area contributed by atoms with E-state index in [0.717, 1.165) is 11.1 Å². The largest absolute Gasteiger partial charge is 0.489 e. The summed E-state index contributed by atoms with van der Waals surface area (Å²) in [6, 6.07) is 9.10. The summed E-state index contributed by atoms with van der Waals surface area (Å²) in [7, 11) is -2.78. The lowest BCUT2D eigenvalue weighted by Gasteiger charge is -2.25. The van der Waals surface area contributed by atoms with Gasteiger partial charge in [0.1, 0.15) is 12.4 Å². The Morgan fingerprint density at radius 1 is 1.21 bits per heavy atom. The minimum Gasteiger partial charge on any atom is -0.489 e. The highest BCUT2D eigenvalue weighted by atomic mass is 32.3. The maximum atomic E-state index is 9.84. The van der Waals surface area contributed by atoms with Crippen LogP contribution in [0.2, 0.25) is 0 Å². The van der Waals surface area contributed by atoms with Crippen molar-refractivity contribution in [3.63, 3.8) is 0 Å². The van der Waals surface area contributed by atoms with E-state index in [1.807, 2.05) is 24.3 Å². The molecule has 4 nitrogen and oxygen atoms in total. The van der Waals surface area contributed by atoms with E-state index in [-0.39, 0.29) is 0 Å². The molecule has 2 N–H and O–H groups in total. The van der Waals surface area contributed by atoms with Gasteiger partial charge in [0.25, 0.3) is 0 Å². The van der Waals surface area contributed by atoms with E-state index in [2.05, 4.69) is 4.98 Å². The first kappa shape index (κ1) is 12.2. The summed E-state index contributed by atoms with van der Waals surface area (Å²) in [5.41, 5.74) is 1.79.